The summed E-state index contributed by atoms with van der Waals surface area (Å²) in [5, 5.41) is 4.69. The topological polar surface area (TPSA) is 26.2 Å². The highest BCUT2D eigenvalue weighted by Crippen LogP contribution is 2.21. The van der Waals surface area contributed by atoms with Crippen molar-refractivity contribution in [2.45, 2.75) is 27.1 Å². The first-order chi connectivity index (χ1) is 8.36. The zero-order chi connectivity index (χ0) is 12.1. The molecule has 0 bridgehead atoms. The molecule has 1 aromatic heterocycles. The van der Waals surface area contributed by atoms with Crippen LogP contribution in [0.15, 0.2) is 30.5 Å². The Bertz CT molecular complexity index is 434. The molecule has 0 saturated carbocycles. The van der Waals surface area contributed by atoms with E-state index in [4.69, 9.17) is 4.74 Å². The second-order valence-electron chi connectivity index (χ2n) is 4.04. The second-order valence-corrected chi connectivity index (χ2v) is 4.04. The van der Waals surface area contributed by atoms with Gasteiger partial charge in [-0.25, -0.2) is 0 Å². The summed E-state index contributed by atoms with van der Waals surface area (Å²) < 4.78 is 7.66. The van der Waals surface area contributed by atoms with E-state index in [9.17, 15) is 0 Å². The highest BCUT2D eigenvalue weighted by Gasteiger charge is 2.06. The smallest absolute Gasteiger partial charge is 0.122 e. The first-order valence-corrected chi connectivity index (χ1v) is 6.22. The van der Waals surface area contributed by atoms with E-state index in [2.05, 4.69) is 47.3 Å². The van der Waals surface area contributed by atoms with Crippen LogP contribution in [0.1, 0.15) is 19.4 Å². The van der Waals surface area contributed by atoms with Crippen molar-refractivity contribution in [2.24, 2.45) is 0 Å². The lowest BCUT2D eigenvalue weighted by Gasteiger charge is -2.04. The lowest BCUT2D eigenvalue weighted by Crippen LogP contribution is -2.11. The molecule has 92 valence electrons. The highest BCUT2D eigenvalue weighted by atomic mass is 16.5. The number of nitrogens with one attached hydrogen (secondary N) is 1. The SMILES string of the molecule is CCNCc1cn(COCC)c2ccccc12. The van der Waals surface area contributed by atoms with Crippen molar-refractivity contribution in [1.82, 2.24) is 9.88 Å². The molecule has 3 nitrogen and oxygen atoms in total. The van der Waals surface area contributed by atoms with Crippen molar-refractivity contribution in [2.75, 3.05) is 13.2 Å². The van der Waals surface area contributed by atoms with Crippen LogP contribution in [0.25, 0.3) is 10.9 Å². The Labute approximate surface area is 102 Å². The first kappa shape index (κ1) is 12.1. The summed E-state index contributed by atoms with van der Waals surface area (Å²) in [5.74, 6) is 0. The summed E-state index contributed by atoms with van der Waals surface area (Å²) in [5.41, 5.74) is 2.58. The first-order valence-electron chi connectivity index (χ1n) is 6.22. The third-order valence-corrected chi connectivity index (χ3v) is 2.87. The third kappa shape index (κ3) is 2.68. The number of hydrogen-bond donors (Lipinski definition) is 1. The summed E-state index contributed by atoms with van der Waals surface area (Å²) in [6, 6.07) is 8.47. The van der Waals surface area contributed by atoms with Gasteiger partial charge in [0.05, 0.1) is 5.52 Å². The van der Waals surface area contributed by atoms with Crippen LogP contribution in [0, 0.1) is 0 Å². The highest BCUT2D eigenvalue weighted by molar-refractivity contribution is 5.83. The number of aromatic nitrogens is 1. The molecule has 0 aliphatic rings. The molecule has 0 spiro atoms. The summed E-state index contributed by atoms with van der Waals surface area (Å²) in [6.45, 7) is 7.42. The predicted molar refractivity (Wildman–Crippen MR) is 70.9 cm³/mol. The number of fused-ring (bicyclic) bond motifs is 1. The van der Waals surface area contributed by atoms with Crippen LogP contribution in [-0.2, 0) is 18.0 Å². The minimum atomic E-state index is 0.628. The zero-order valence-electron chi connectivity index (χ0n) is 10.6. The molecule has 0 aliphatic heterocycles. The fourth-order valence-electron chi connectivity index (χ4n) is 2.02. The Kier molecular flexibility index (Phi) is 4.18. The Morgan fingerprint density at radius 3 is 2.82 bits per heavy atom. The Hall–Kier alpha value is -1.32. The molecule has 1 heterocycles. The minimum Gasteiger partial charge on any atom is -0.361 e. The number of rotatable bonds is 6. The molecule has 0 aliphatic carbocycles. The van der Waals surface area contributed by atoms with Crippen molar-refractivity contribution in [3.63, 3.8) is 0 Å². The monoisotopic (exact) mass is 232 g/mol. The second kappa shape index (κ2) is 5.84. The Morgan fingerprint density at radius 2 is 2.06 bits per heavy atom. The molecular weight excluding hydrogens is 212 g/mol. The molecule has 3 heteroatoms. The van der Waals surface area contributed by atoms with E-state index in [0.717, 1.165) is 19.7 Å². The zero-order valence-corrected chi connectivity index (χ0v) is 10.6. The maximum Gasteiger partial charge on any atom is 0.122 e. The molecule has 2 rings (SSSR count). The maximum absolute atomic E-state index is 5.49. The van der Waals surface area contributed by atoms with Gasteiger partial charge in [0.2, 0.25) is 0 Å². The summed E-state index contributed by atoms with van der Waals surface area (Å²) in [4.78, 5) is 0. The normalized spacial score (nSPS) is 11.2. The van der Waals surface area contributed by atoms with Gasteiger partial charge in [0, 0.05) is 24.7 Å². The molecule has 1 aromatic carbocycles. The number of hydrogen-bond acceptors (Lipinski definition) is 2. The van der Waals surface area contributed by atoms with E-state index in [1.807, 2.05) is 6.92 Å². The van der Waals surface area contributed by atoms with E-state index in [1.165, 1.54) is 16.5 Å². The van der Waals surface area contributed by atoms with Gasteiger partial charge in [-0.1, -0.05) is 25.1 Å². The van der Waals surface area contributed by atoms with Gasteiger partial charge in [0.1, 0.15) is 6.73 Å². The number of para-hydroxylation sites is 1. The van der Waals surface area contributed by atoms with Gasteiger partial charge in [-0.15, -0.1) is 0 Å². The van der Waals surface area contributed by atoms with Crippen LogP contribution in [0.5, 0.6) is 0 Å². The minimum absolute atomic E-state index is 0.628. The van der Waals surface area contributed by atoms with Crippen LogP contribution < -0.4 is 5.32 Å². The summed E-state index contributed by atoms with van der Waals surface area (Å²) in [6.07, 6.45) is 2.18. The number of benzene rings is 1. The predicted octanol–water partition coefficient (Wildman–Crippen LogP) is 2.74. The molecule has 0 radical (unpaired) electrons. The van der Waals surface area contributed by atoms with E-state index in [-0.39, 0.29) is 0 Å². The maximum atomic E-state index is 5.49. The van der Waals surface area contributed by atoms with Gasteiger partial charge in [0.15, 0.2) is 0 Å². The van der Waals surface area contributed by atoms with Crippen LogP contribution in [0.3, 0.4) is 0 Å². The fraction of sp³-hybridized carbons (Fsp3) is 0.429. The van der Waals surface area contributed by atoms with Crippen molar-refractivity contribution >= 4 is 10.9 Å². The van der Waals surface area contributed by atoms with Crippen LogP contribution in [0.2, 0.25) is 0 Å². The molecule has 0 unspecified atom stereocenters. The largest absolute Gasteiger partial charge is 0.361 e. The van der Waals surface area contributed by atoms with Crippen molar-refractivity contribution in [3.05, 3.63) is 36.0 Å². The van der Waals surface area contributed by atoms with E-state index < -0.39 is 0 Å². The van der Waals surface area contributed by atoms with Crippen molar-refractivity contribution < 1.29 is 4.74 Å². The fourth-order valence-corrected chi connectivity index (χ4v) is 2.02. The number of nitrogens with zero attached hydrogens (tertiary/aromatic N) is 1. The van der Waals surface area contributed by atoms with Crippen LogP contribution >= 0.6 is 0 Å². The molecule has 0 saturated heterocycles. The summed E-state index contributed by atoms with van der Waals surface area (Å²) >= 11 is 0. The van der Waals surface area contributed by atoms with Gasteiger partial charge in [0.25, 0.3) is 0 Å². The standard InChI is InChI=1S/C14H20N2O/c1-3-15-9-12-10-16(11-17-4-2)14-8-6-5-7-13(12)14/h5-8,10,15H,3-4,9,11H2,1-2H3. The average Bonchev–Trinajstić information content (AvgIpc) is 2.72. The van der Waals surface area contributed by atoms with Gasteiger partial charge in [-0.2, -0.15) is 0 Å². The molecule has 17 heavy (non-hydrogen) atoms. The van der Waals surface area contributed by atoms with Crippen molar-refractivity contribution in [1.29, 1.82) is 0 Å². The lowest BCUT2D eigenvalue weighted by atomic mass is 10.2. The molecule has 0 fully saturated rings. The van der Waals surface area contributed by atoms with Gasteiger partial charge >= 0.3 is 0 Å². The Morgan fingerprint density at radius 1 is 1.24 bits per heavy atom. The average molecular weight is 232 g/mol. The quantitative estimate of drug-likeness (QED) is 0.828. The van der Waals surface area contributed by atoms with Gasteiger partial charge in [-0.05, 0) is 25.1 Å². The van der Waals surface area contributed by atoms with E-state index >= 15 is 0 Å². The lowest BCUT2D eigenvalue weighted by molar-refractivity contribution is 0.0908. The van der Waals surface area contributed by atoms with Crippen LogP contribution in [0.4, 0.5) is 0 Å². The van der Waals surface area contributed by atoms with Crippen LogP contribution in [-0.4, -0.2) is 17.7 Å². The Balaban J connectivity index is 2.32. The van der Waals surface area contributed by atoms with E-state index in [0.29, 0.717) is 6.73 Å². The summed E-state index contributed by atoms with van der Waals surface area (Å²) in [7, 11) is 0. The third-order valence-electron chi connectivity index (χ3n) is 2.87. The molecule has 1 N–H and O–H groups in total. The van der Waals surface area contributed by atoms with Crippen molar-refractivity contribution in [3.8, 4) is 0 Å². The molecule has 0 atom stereocenters. The molecular formula is C14H20N2O. The van der Waals surface area contributed by atoms with Gasteiger partial charge < -0.3 is 14.6 Å². The molecule has 2 aromatic rings. The number of ether oxygens (including phenoxy) is 1. The van der Waals surface area contributed by atoms with E-state index in [1.54, 1.807) is 0 Å². The molecule has 0 amide bonds. The van der Waals surface area contributed by atoms with Gasteiger partial charge in [-0.3, -0.25) is 0 Å².